The molecule has 0 radical (unpaired) electrons. The lowest BCUT2D eigenvalue weighted by Crippen LogP contribution is -2.54. The summed E-state index contributed by atoms with van der Waals surface area (Å²) in [5.74, 6) is -2.12. The predicted molar refractivity (Wildman–Crippen MR) is 205 cm³/mol. The zero-order valence-electron chi connectivity index (χ0n) is 31.9. The molecule has 1 unspecified atom stereocenters. The molecule has 2 aromatic carbocycles. The number of likely N-dealkylation sites (N-methyl/N-ethyl adjacent to an activating group) is 1. The fraction of sp³-hybridized carbons (Fsp3) is 0.575. The molecule has 1 fully saturated rings. The maximum absolute atomic E-state index is 13.7. The number of hydrogen-bond acceptors (Lipinski definition) is 9. The predicted octanol–water partition coefficient (Wildman–Crippen LogP) is 4.23. The van der Waals surface area contributed by atoms with Gasteiger partial charge in [-0.15, -0.1) is 0 Å². The van der Waals surface area contributed by atoms with Crippen molar-refractivity contribution in [1.29, 1.82) is 0 Å². The van der Waals surface area contributed by atoms with Crippen molar-refractivity contribution < 1.29 is 33.4 Å². The SMILES string of the molecule is COC1CC(=O)N(C(=O)C[C@@H](S)[C@H](C)NC(=O)[C@H](CC(C)C)NC(=O)[C@H](CC(C)C)OC(=O)[C@H](Cc2ccccc2)N(C)C)[C@H]1Cc1ccccc1. The smallest absolute Gasteiger partial charge is 0.324 e. The number of ether oxygens (including phenoxy) is 2. The average molecular weight is 739 g/mol. The van der Waals surface area contributed by atoms with Crippen molar-refractivity contribution >= 4 is 42.2 Å². The molecule has 0 spiro atoms. The first kappa shape index (κ1) is 42.7. The molecule has 52 heavy (non-hydrogen) atoms. The Morgan fingerprint density at radius 3 is 1.98 bits per heavy atom. The normalized spacial score (nSPS) is 18.9. The van der Waals surface area contributed by atoms with E-state index in [9.17, 15) is 24.0 Å². The molecule has 12 heteroatoms. The molecule has 11 nitrogen and oxygen atoms in total. The maximum Gasteiger partial charge on any atom is 0.324 e. The van der Waals surface area contributed by atoms with Gasteiger partial charge in [0.05, 0.1) is 18.6 Å². The van der Waals surface area contributed by atoms with E-state index in [1.165, 1.54) is 12.0 Å². The van der Waals surface area contributed by atoms with Gasteiger partial charge in [0.25, 0.3) is 5.91 Å². The Morgan fingerprint density at radius 2 is 1.44 bits per heavy atom. The van der Waals surface area contributed by atoms with Gasteiger partial charge in [-0.1, -0.05) is 88.4 Å². The Morgan fingerprint density at radius 1 is 0.865 bits per heavy atom. The van der Waals surface area contributed by atoms with E-state index < -0.39 is 59.4 Å². The number of carbonyl (C=O) groups excluding carboxylic acids is 5. The monoisotopic (exact) mass is 738 g/mol. The van der Waals surface area contributed by atoms with E-state index >= 15 is 0 Å². The minimum atomic E-state index is -1.10. The van der Waals surface area contributed by atoms with E-state index in [2.05, 4.69) is 23.3 Å². The molecule has 0 bridgehead atoms. The lowest BCUT2D eigenvalue weighted by Gasteiger charge is -2.30. The summed E-state index contributed by atoms with van der Waals surface area (Å²) in [7, 11) is 5.12. The second-order valence-corrected chi connectivity index (χ2v) is 15.5. The molecule has 2 N–H and O–H groups in total. The van der Waals surface area contributed by atoms with Crippen molar-refractivity contribution in [3.8, 4) is 0 Å². The minimum absolute atomic E-state index is 0.0318. The van der Waals surface area contributed by atoms with Crippen LogP contribution in [0, 0.1) is 11.8 Å². The first-order valence-corrected chi connectivity index (χ1v) is 18.7. The number of imide groups is 1. The molecule has 1 saturated heterocycles. The summed E-state index contributed by atoms with van der Waals surface area (Å²) in [6, 6.07) is 16.7. The Balaban J connectivity index is 1.68. The zero-order valence-corrected chi connectivity index (χ0v) is 32.8. The van der Waals surface area contributed by atoms with Gasteiger partial charge in [-0.2, -0.15) is 12.6 Å². The molecule has 7 atom stereocenters. The van der Waals surface area contributed by atoms with Gasteiger partial charge in [-0.25, -0.2) is 0 Å². The summed E-state index contributed by atoms with van der Waals surface area (Å²) in [4.78, 5) is 70.5. The minimum Gasteiger partial charge on any atom is -0.451 e. The third-order valence-corrected chi connectivity index (χ3v) is 9.97. The Hall–Kier alpha value is -3.74. The van der Waals surface area contributed by atoms with Crippen molar-refractivity contribution in [2.24, 2.45) is 11.8 Å². The number of esters is 1. The summed E-state index contributed by atoms with van der Waals surface area (Å²) in [5, 5.41) is 5.15. The number of rotatable bonds is 19. The molecule has 3 rings (SSSR count). The highest BCUT2D eigenvalue weighted by molar-refractivity contribution is 7.81. The van der Waals surface area contributed by atoms with Crippen molar-refractivity contribution in [2.75, 3.05) is 21.2 Å². The lowest BCUT2D eigenvalue weighted by atomic mass is 10.00. The van der Waals surface area contributed by atoms with Gasteiger partial charge in [0.2, 0.25) is 17.7 Å². The first-order valence-electron chi connectivity index (χ1n) is 18.2. The summed E-state index contributed by atoms with van der Waals surface area (Å²) in [6.07, 6.45) is -0.0224. The number of methoxy groups -OCH3 is 1. The van der Waals surface area contributed by atoms with Crippen LogP contribution < -0.4 is 10.6 Å². The highest BCUT2D eigenvalue weighted by atomic mass is 32.1. The van der Waals surface area contributed by atoms with Crippen molar-refractivity contribution in [3.63, 3.8) is 0 Å². The number of nitrogens with zero attached hydrogens (tertiary/aromatic N) is 2. The van der Waals surface area contributed by atoms with E-state index in [1.807, 2.05) is 88.4 Å². The van der Waals surface area contributed by atoms with Gasteiger partial charge in [-0.05, 0) is 69.7 Å². The molecule has 1 heterocycles. The highest BCUT2D eigenvalue weighted by Crippen LogP contribution is 2.27. The standard InChI is InChI=1S/C40H58N4O7S/c1-25(2)19-30(42-39(48)34(20-26(3)4)51-40(49)32(43(6)7)22-29-17-13-10-14-18-29)38(47)41-27(5)35(52)24-37(46)44-31(33(50-8)23-36(44)45)21-28-15-11-9-12-16-28/h9-18,25-27,30-35,52H,19-24H2,1-8H3,(H,41,47)(H,42,48)/t27-,30-,31-,32-,33?,34-,35+/m0/s1. The molecular weight excluding hydrogens is 681 g/mol. The van der Waals surface area contributed by atoms with Crippen LogP contribution in [0.4, 0.5) is 0 Å². The first-order chi connectivity index (χ1) is 24.6. The molecule has 1 aliphatic heterocycles. The third-order valence-electron chi connectivity index (χ3n) is 9.34. The van der Waals surface area contributed by atoms with Gasteiger partial charge < -0.3 is 20.1 Å². The molecule has 0 saturated carbocycles. The second kappa shape index (κ2) is 20.5. The van der Waals surface area contributed by atoms with E-state index in [0.717, 1.165) is 11.1 Å². The number of likely N-dealkylation sites (tertiary alicyclic amines) is 1. The van der Waals surface area contributed by atoms with Crippen molar-refractivity contribution in [1.82, 2.24) is 20.4 Å². The van der Waals surface area contributed by atoms with Crippen LogP contribution >= 0.6 is 12.6 Å². The average Bonchev–Trinajstić information content (AvgIpc) is 3.40. The van der Waals surface area contributed by atoms with Gasteiger partial charge in [0.1, 0.15) is 12.1 Å². The van der Waals surface area contributed by atoms with E-state index in [1.54, 1.807) is 25.9 Å². The van der Waals surface area contributed by atoms with Crippen LogP contribution in [0.15, 0.2) is 60.7 Å². The quantitative estimate of drug-likeness (QED) is 0.144. The third kappa shape index (κ3) is 12.7. The second-order valence-electron chi connectivity index (χ2n) is 14.9. The molecule has 0 aromatic heterocycles. The Kier molecular flexibility index (Phi) is 16.8. The molecule has 286 valence electrons. The van der Waals surface area contributed by atoms with Gasteiger partial charge in [0, 0.05) is 24.8 Å². The van der Waals surface area contributed by atoms with Gasteiger partial charge in [0.15, 0.2) is 6.10 Å². The van der Waals surface area contributed by atoms with E-state index in [0.29, 0.717) is 19.3 Å². The van der Waals surface area contributed by atoms with Crippen LogP contribution in [0.3, 0.4) is 0 Å². The molecule has 2 aromatic rings. The largest absolute Gasteiger partial charge is 0.451 e. The highest BCUT2D eigenvalue weighted by Gasteiger charge is 2.44. The van der Waals surface area contributed by atoms with Crippen molar-refractivity contribution in [2.45, 2.75) is 115 Å². The lowest BCUT2D eigenvalue weighted by molar-refractivity contribution is -0.161. The summed E-state index contributed by atoms with van der Waals surface area (Å²) < 4.78 is 11.5. The fourth-order valence-corrected chi connectivity index (χ4v) is 6.64. The Bertz CT molecular complexity index is 1470. The number of benzene rings is 2. The van der Waals surface area contributed by atoms with Crippen LogP contribution in [0.25, 0.3) is 0 Å². The number of hydrogen-bond donors (Lipinski definition) is 3. The molecular formula is C40H58N4O7S. The van der Waals surface area contributed by atoms with Crippen LogP contribution in [-0.2, 0) is 46.3 Å². The summed E-state index contributed by atoms with van der Waals surface area (Å²) >= 11 is 4.67. The topological polar surface area (TPSA) is 134 Å². The number of nitrogens with one attached hydrogen (secondary N) is 2. The number of amides is 4. The maximum atomic E-state index is 13.7. The van der Waals surface area contributed by atoms with Gasteiger partial charge >= 0.3 is 5.97 Å². The summed E-state index contributed by atoms with van der Waals surface area (Å²) in [6.45, 7) is 9.49. The zero-order chi connectivity index (χ0) is 38.5. The van der Waals surface area contributed by atoms with Crippen molar-refractivity contribution in [3.05, 3.63) is 71.8 Å². The molecule has 0 aliphatic carbocycles. The molecule has 1 aliphatic rings. The van der Waals surface area contributed by atoms with Crippen LogP contribution in [0.1, 0.15) is 71.4 Å². The fourth-order valence-electron chi connectivity index (χ4n) is 6.41. The van der Waals surface area contributed by atoms with E-state index in [-0.39, 0.29) is 42.9 Å². The van der Waals surface area contributed by atoms with Crippen LogP contribution in [0.2, 0.25) is 0 Å². The Labute approximate surface area is 315 Å². The van der Waals surface area contributed by atoms with E-state index in [4.69, 9.17) is 9.47 Å². The number of thiol groups is 1. The summed E-state index contributed by atoms with van der Waals surface area (Å²) in [5.41, 5.74) is 1.95. The van der Waals surface area contributed by atoms with Crippen LogP contribution in [-0.4, -0.2) is 102 Å². The van der Waals surface area contributed by atoms with Crippen LogP contribution in [0.5, 0.6) is 0 Å². The van der Waals surface area contributed by atoms with Gasteiger partial charge in [-0.3, -0.25) is 33.8 Å². The molecule has 4 amide bonds. The number of carbonyl (C=O) groups is 5.